The van der Waals surface area contributed by atoms with Crippen molar-refractivity contribution >= 4 is 39.0 Å². The number of aromatic nitrogens is 2. The molecule has 2 aromatic heterocycles. The van der Waals surface area contributed by atoms with Crippen LogP contribution >= 0.6 is 11.3 Å². The van der Waals surface area contributed by atoms with E-state index >= 15 is 0 Å². The molecule has 1 aliphatic heterocycles. The number of amides is 1. The maximum Gasteiger partial charge on any atom is 0.243 e. The summed E-state index contributed by atoms with van der Waals surface area (Å²) in [6, 6.07) is 5.87. The van der Waals surface area contributed by atoms with E-state index in [2.05, 4.69) is 24.1 Å². The van der Waals surface area contributed by atoms with Gasteiger partial charge < -0.3 is 15.0 Å². The quantitative estimate of drug-likeness (QED) is 0.630. The number of aryl methyl sites for hydroxylation is 2. The van der Waals surface area contributed by atoms with Gasteiger partial charge in [0.1, 0.15) is 22.3 Å². The Kier molecular flexibility index (Phi) is 6.45. The second-order valence-electron chi connectivity index (χ2n) is 7.73. The summed E-state index contributed by atoms with van der Waals surface area (Å²) < 4.78 is 18.8. The first-order valence-corrected chi connectivity index (χ1v) is 11.1. The van der Waals surface area contributed by atoms with Gasteiger partial charge in [0, 0.05) is 30.7 Å². The Morgan fingerprint density at radius 3 is 2.81 bits per heavy atom. The highest BCUT2D eigenvalue weighted by Gasteiger charge is 2.21. The van der Waals surface area contributed by atoms with Crippen molar-refractivity contribution in [2.24, 2.45) is 0 Å². The van der Waals surface area contributed by atoms with E-state index in [9.17, 15) is 9.18 Å². The van der Waals surface area contributed by atoms with Gasteiger partial charge in [-0.1, -0.05) is 6.07 Å². The van der Waals surface area contributed by atoms with Crippen LogP contribution in [-0.4, -0.2) is 60.7 Å². The third-order valence-electron chi connectivity index (χ3n) is 5.38. The predicted molar refractivity (Wildman–Crippen MR) is 121 cm³/mol. The minimum atomic E-state index is -0.388. The molecule has 1 N–H and O–H groups in total. The molecular weight excluding hydrogens is 417 g/mol. The Hall–Kier alpha value is -2.62. The largest absolute Gasteiger partial charge is 0.379 e. The molecule has 3 heterocycles. The Morgan fingerprint density at radius 2 is 2.06 bits per heavy atom. The van der Waals surface area contributed by atoms with Crippen LogP contribution in [0.4, 0.5) is 15.9 Å². The summed E-state index contributed by atoms with van der Waals surface area (Å²) in [4.78, 5) is 28.5. The van der Waals surface area contributed by atoms with E-state index in [1.54, 1.807) is 23.5 Å². The lowest BCUT2D eigenvalue weighted by molar-refractivity contribution is -0.114. The molecule has 31 heavy (non-hydrogen) atoms. The number of rotatable bonds is 6. The topological polar surface area (TPSA) is 70.6 Å². The molecule has 1 aliphatic rings. The number of hydrogen-bond acceptors (Lipinski definition) is 7. The van der Waals surface area contributed by atoms with Crippen molar-refractivity contribution in [3.05, 3.63) is 46.3 Å². The van der Waals surface area contributed by atoms with Crippen molar-refractivity contribution in [3.63, 3.8) is 0 Å². The van der Waals surface area contributed by atoms with Gasteiger partial charge in [0.25, 0.3) is 0 Å². The average Bonchev–Trinajstić information content (AvgIpc) is 3.01. The fraction of sp³-hybridized carbons (Fsp3) is 0.409. The zero-order chi connectivity index (χ0) is 22.0. The first-order chi connectivity index (χ1) is 14.9. The van der Waals surface area contributed by atoms with Crippen LogP contribution in [0.5, 0.6) is 0 Å². The molecule has 4 rings (SSSR count). The minimum absolute atomic E-state index is 0.0912. The number of thiophene rings is 1. The summed E-state index contributed by atoms with van der Waals surface area (Å²) in [6.45, 7) is 8.00. The van der Waals surface area contributed by atoms with Gasteiger partial charge in [0.2, 0.25) is 5.91 Å². The molecule has 0 spiro atoms. The SMILES string of the molecule is Cc1sc2nc(CN3CCOCC3)nc(N(C)CC(=O)Nc3cccc(F)c3)c2c1C. The Labute approximate surface area is 184 Å². The summed E-state index contributed by atoms with van der Waals surface area (Å²) >= 11 is 1.65. The maximum atomic E-state index is 13.4. The number of ether oxygens (including phenoxy) is 1. The lowest BCUT2D eigenvalue weighted by Gasteiger charge is -2.26. The van der Waals surface area contributed by atoms with Crippen molar-refractivity contribution < 1.29 is 13.9 Å². The first kappa shape index (κ1) is 21.6. The number of anilines is 2. The fourth-order valence-corrected chi connectivity index (χ4v) is 4.68. The molecule has 1 amide bonds. The second-order valence-corrected chi connectivity index (χ2v) is 8.93. The van der Waals surface area contributed by atoms with E-state index in [4.69, 9.17) is 14.7 Å². The molecule has 164 valence electrons. The molecule has 1 aromatic carbocycles. The fourth-order valence-electron chi connectivity index (χ4n) is 3.63. The number of nitrogens with zero attached hydrogens (tertiary/aromatic N) is 4. The molecule has 3 aromatic rings. The lowest BCUT2D eigenvalue weighted by atomic mass is 10.2. The molecule has 0 bridgehead atoms. The lowest BCUT2D eigenvalue weighted by Crippen LogP contribution is -2.36. The number of carbonyl (C=O) groups excluding carboxylic acids is 1. The third kappa shape index (κ3) is 5.00. The third-order valence-corrected chi connectivity index (χ3v) is 6.48. The average molecular weight is 444 g/mol. The highest BCUT2D eigenvalue weighted by molar-refractivity contribution is 7.18. The molecule has 0 radical (unpaired) electrons. The van der Waals surface area contributed by atoms with E-state index in [-0.39, 0.29) is 18.3 Å². The van der Waals surface area contributed by atoms with Crippen molar-refractivity contribution in [1.82, 2.24) is 14.9 Å². The van der Waals surface area contributed by atoms with Gasteiger partial charge in [0.15, 0.2) is 0 Å². The summed E-state index contributed by atoms with van der Waals surface area (Å²) in [5.74, 6) is 0.854. The van der Waals surface area contributed by atoms with Crippen LogP contribution in [-0.2, 0) is 16.1 Å². The monoisotopic (exact) mass is 443 g/mol. The van der Waals surface area contributed by atoms with E-state index in [0.717, 1.165) is 40.5 Å². The van der Waals surface area contributed by atoms with Crippen molar-refractivity contribution in [1.29, 1.82) is 0 Å². The molecular formula is C22H26FN5O2S. The van der Waals surface area contributed by atoms with Gasteiger partial charge >= 0.3 is 0 Å². The maximum absolute atomic E-state index is 13.4. The molecule has 0 unspecified atom stereocenters. The minimum Gasteiger partial charge on any atom is -0.379 e. The number of halogens is 1. The zero-order valence-electron chi connectivity index (χ0n) is 17.9. The number of carbonyl (C=O) groups is 1. The van der Waals surface area contributed by atoms with Crippen LogP contribution < -0.4 is 10.2 Å². The number of fused-ring (bicyclic) bond motifs is 1. The van der Waals surface area contributed by atoms with Crippen molar-refractivity contribution in [3.8, 4) is 0 Å². The second kappa shape index (κ2) is 9.25. The smallest absolute Gasteiger partial charge is 0.243 e. The number of hydrogen-bond donors (Lipinski definition) is 1. The molecule has 0 saturated carbocycles. The first-order valence-electron chi connectivity index (χ1n) is 10.2. The standard InChI is InChI=1S/C22H26FN5O2S/c1-14-15(2)31-22-20(14)21(25-18(26-22)12-28-7-9-30-10-8-28)27(3)13-19(29)24-17-6-4-5-16(23)11-17/h4-6,11H,7-10,12-13H2,1-3H3,(H,24,29). The van der Waals surface area contributed by atoms with Crippen molar-refractivity contribution in [2.75, 3.05) is 50.1 Å². The van der Waals surface area contributed by atoms with Gasteiger partial charge in [-0.3, -0.25) is 9.69 Å². The normalized spacial score (nSPS) is 14.7. The van der Waals surface area contributed by atoms with Crippen LogP contribution in [0.2, 0.25) is 0 Å². The Morgan fingerprint density at radius 1 is 1.29 bits per heavy atom. The van der Waals surface area contributed by atoms with E-state index in [1.165, 1.54) is 17.0 Å². The molecule has 1 saturated heterocycles. The molecule has 7 nitrogen and oxygen atoms in total. The Balaban J connectivity index is 1.58. The van der Waals surface area contributed by atoms with Gasteiger partial charge in [-0.05, 0) is 37.6 Å². The van der Waals surface area contributed by atoms with Crippen molar-refractivity contribution in [2.45, 2.75) is 20.4 Å². The van der Waals surface area contributed by atoms with Crippen LogP contribution in [0.15, 0.2) is 24.3 Å². The predicted octanol–water partition coefficient (Wildman–Crippen LogP) is 3.35. The van der Waals surface area contributed by atoms with Crippen LogP contribution in [0.3, 0.4) is 0 Å². The number of benzene rings is 1. The van der Waals surface area contributed by atoms with Crippen LogP contribution in [0.1, 0.15) is 16.3 Å². The van der Waals surface area contributed by atoms with Crippen LogP contribution in [0, 0.1) is 19.7 Å². The number of nitrogens with one attached hydrogen (secondary N) is 1. The van der Waals surface area contributed by atoms with E-state index in [1.807, 2.05) is 11.9 Å². The number of morpholine rings is 1. The van der Waals surface area contributed by atoms with Gasteiger partial charge in [0.05, 0.1) is 31.7 Å². The number of likely N-dealkylation sites (N-methyl/N-ethyl adjacent to an activating group) is 1. The molecule has 1 fully saturated rings. The van der Waals surface area contributed by atoms with E-state index in [0.29, 0.717) is 25.4 Å². The summed E-state index contributed by atoms with van der Waals surface area (Å²) in [6.07, 6.45) is 0. The Bertz CT molecular complexity index is 1100. The van der Waals surface area contributed by atoms with Gasteiger partial charge in [-0.2, -0.15) is 0 Å². The zero-order valence-corrected chi connectivity index (χ0v) is 18.8. The van der Waals surface area contributed by atoms with Gasteiger partial charge in [-0.25, -0.2) is 14.4 Å². The highest BCUT2D eigenvalue weighted by atomic mass is 32.1. The van der Waals surface area contributed by atoms with Crippen LogP contribution in [0.25, 0.3) is 10.2 Å². The summed E-state index contributed by atoms with van der Waals surface area (Å²) in [5.41, 5.74) is 1.56. The molecule has 0 atom stereocenters. The molecule has 9 heteroatoms. The molecule has 0 aliphatic carbocycles. The summed E-state index contributed by atoms with van der Waals surface area (Å²) in [7, 11) is 1.85. The van der Waals surface area contributed by atoms with Gasteiger partial charge in [-0.15, -0.1) is 11.3 Å². The van der Waals surface area contributed by atoms with E-state index < -0.39 is 0 Å². The highest BCUT2D eigenvalue weighted by Crippen LogP contribution is 2.34. The summed E-state index contributed by atoms with van der Waals surface area (Å²) in [5, 5.41) is 3.73.